The van der Waals surface area contributed by atoms with Gasteiger partial charge >= 0.3 is 109 Å². The fourth-order valence-electron chi connectivity index (χ4n) is 6.70. The Labute approximate surface area is 398 Å². The predicted molar refractivity (Wildman–Crippen MR) is 193 cm³/mol. The molecule has 3 N–H and O–H groups in total. The number of nitrogens with one attached hydrogen (secondary N) is 2. The maximum atomic E-state index is 13.9. The maximum absolute atomic E-state index is 13.9. The summed E-state index contributed by atoms with van der Waals surface area (Å²) in [5.41, 5.74) is 6.98. The van der Waals surface area contributed by atoms with E-state index in [0.717, 1.165) is 16.7 Å². The molecule has 0 spiro atoms. The van der Waals surface area contributed by atoms with Crippen molar-refractivity contribution in [3.8, 4) is 0 Å². The summed E-state index contributed by atoms with van der Waals surface area (Å²) in [6, 6.07) is 0. The SMILES string of the molecule is CCC1=C(C)C2=NC1=CC1=NC(=C(CC(=O)OC)C3=NC(=Cc4[nH]c(/c(=C(\C)O)c4C)=C2)C(C)=C3CCC(=O)[O-])C(C(=O)NCCS(=O)(=O)[O-])=C1C.[K+].[K+]. The van der Waals surface area contributed by atoms with Crippen molar-refractivity contribution in [1.82, 2.24) is 10.3 Å². The number of carboxylic acids is 1. The Bertz CT molecular complexity index is 2370. The van der Waals surface area contributed by atoms with Crippen molar-refractivity contribution in [3.63, 3.8) is 0 Å². The number of amides is 1. The second-order valence-corrected chi connectivity index (χ2v) is 14.2. The Hall–Kier alpha value is -2.14. The fraction of sp³-hybridized carbons (Fsp3) is 0.351. The molecule has 0 atom stereocenters. The van der Waals surface area contributed by atoms with Crippen LogP contribution in [0, 0.1) is 6.92 Å². The molecule has 14 nitrogen and oxygen atoms in total. The number of aliphatic imine (C=N–C) groups is 3. The Morgan fingerprint density at radius 3 is 2.19 bits per heavy atom. The van der Waals surface area contributed by atoms with Crippen LogP contribution in [0.15, 0.2) is 77.2 Å². The number of carbonyl (C=O) groups is 3. The van der Waals surface area contributed by atoms with Crippen molar-refractivity contribution < 1.29 is 145 Å². The molecule has 0 unspecified atom stereocenters. The number of aliphatic hydroxyl groups is 1. The number of methoxy groups -OCH3 is 1. The van der Waals surface area contributed by atoms with Crippen molar-refractivity contribution in [2.45, 2.75) is 67.2 Å². The minimum Gasteiger partial charge on any atom is -0.748 e. The largest absolute Gasteiger partial charge is 1.00 e. The summed E-state index contributed by atoms with van der Waals surface area (Å²) in [7, 11) is -3.44. The second-order valence-electron chi connectivity index (χ2n) is 12.7. The number of aliphatic carboxylic acids is 1. The molecule has 54 heavy (non-hydrogen) atoms. The van der Waals surface area contributed by atoms with Gasteiger partial charge in [0.2, 0.25) is 0 Å². The van der Waals surface area contributed by atoms with Crippen LogP contribution in [0.25, 0.3) is 17.9 Å². The van der Waals surface area contributed by atoms with Gasteiger partial charge in [0.25, 0.3) is 5.91 Å². The van der Waals surface area contributed by atoms with Gasteiger partial charge < -0.3 is 34.6 Å². The number of ether oxygens (including phenoxy) is 1. The van der Waals surface area contributed by atoms with E-state index in [1.54, 1.807) is 32.9 Å². The third-order valence-electron chi connectivity index (χ3n) is 9.40. The first-order valence-electron chi connectivity index (χ1n) is 16.6. The number of H-pyrrole nitrogens is 1. The number of rotatable bonds is 10. The molecule has 0 saturated carbocycles. The molecule has 4 aliphatic rings. The first-order valence-corrected chi connectivity index (χ1v) is 18.2. The number of hydrogen-bond donors (Lipinski definition) is 3. The van der Waals surface area contributed by atoms with Gasteiger partial charge in [-0.1, -0.05) is 6.92 Å². The predicted octanol–water partition coefficient (Wildman–Crippen LogP) is -4.23. The average Bonchev–Trinajstić information content (AvgIpc) is 3.74. The van der Waals surface area contributed by atoms with Gasteiger partial charge in [-0.3, -0.25) is 9.59 Å². The summed E-state index contributed by atoms with van der Waals surface area (Å²) in [5.74, 6) is -3.51. The van der Waals surface area contributed by atoms with Gasteiger partial charge in [-0.2, -0.15) is 0 Å². The van der Waals surface area contributed by atoms with Gasteiger partial charge in [-0.25, -0.2) is 23.4 Å². The van der Waals surface area contributed by atoms with Crippen LogP contribution < -0.4 is 124 Å². The molecule has 8 bridgehead atoms. The van der Waals surface area contributed by atoms with E-state index in [-0.39, 0.29) is 144 Å². The van der Waals surface area contributed by atoms with E-state index < -0.39 is 46.7 Å². The number of carboxylic acid groups (broad SMARTS) is 1. The van der Waals surface area contributed by atoms with Crippen LogP contribution in [0.3, 0.4) is 0 Å². The summed E-state index contributed by atoms with van der Waals surface area (Å²) in [6.07, 6.45) is 5.10. The topological polar surface area (TPSA) is 226 Å². The van der Waals surface area contributed by atoms with Crippen molar-refractivity contribution in [2.75, 3.05) is 19.4 Å². The van der Waals surface area contributed by atoms with Crippen LogP contribution in [0.1, 0.15) is 71.6 Å². The number of aromatic amines is 1. The molecule has 4 aliphatic heterocycles. The van der Waals surface area contributed by atoms with E-state index in [1.165, 1.54) is 7.11 Å². The molecule has 0 fully saturated rings. The summed E-state index contributed by atoms with van der Waals surface area (Å²) >= 11 is 0. The molecule has 0 saturated heterocycles. The molecule has 5 heterocycles. The van der Waals surface area contributed by atoms with Crippen molar-refractivity contribution in [1.29, 1.82) is 0 Å². The summed E-state index contributed by atoms with van der Waals surface area (Å²) in [4.78, 5) is 56.8. The fourth-order valence-corrected chi connectivity index (χ4v) is 7.05. The van der Waals surface area contributed by atoms with E-state index in [9.17, 15) is 37.6 Å². The van der Waals surface area contributed by atoms with Crippen LogP contribution in [-0.2, 0) is 29.2 Å². The van der Waals surface area contributed by atoms with Crippen LogP contribution in [0.5, 0.6) is 0 Å². The molecule has 0 radical (unpaired) electrons. The number of fused-ring (bicyclic) bond motifs is 5. The number of hydrogen-bond acceptors (Lipinski definition) is 12. The summed E-state index contributed by atoms with van der Waals surface area (Å²) < 4.78 is 39.1. The van der Waals surface area contributed by atoms with Gasteiger partial charge in [0.15, 0.2) is 0 Å². The second kappa shape index (κ2) is 18.9. The Kier molecular flexibility index (Phi) is 16.2. The average molecular weight is 808 g/mol. The monoisotopic (exact) mass is 807 g/mol. The molecule has 1 aromatic heterocycles. The first-order chi connectivity index (χ1) is 24.4. The van der Waals surface area contributed by atoms with Gasteiger partial charge in [0.1, 0.15) is 0 Å². The third-order valence-corrected chi connectivity index (χ3v) is 10.1. The zero-order valence-electron chi connectivity index (χ0n) is 31.9. The molecule has 0 aliphatic carbocycles. The quantitative estimate of drug-likeness (QED) is 0.118. The molecule has 17 heteroatoms. The number of aromatic nitrogens is 1. The number of aliphatic hydroxyl groups excluding tert-OH is 1. The molecule has 0 aromatic carbocycles. The van der Waals surface area contributed by atoms with Crippen molar-refractivity contribution >= 4 is 63.0 Å². The van der Waals surface area contributed by atoms with Gasteiger partial charge in [0.05, 0.1) is 80.3 Å². The molecular formula is C37H39K2N5O9S. The van der Waals surface area contributed by atoms with Crippen LogP contribution in [-0.4, -0.2) is 77.4 Å². The van der Waals surface area contributed by atoms with E-state index in [2.05, 4.69) is 10.3 Å². The smallest absolute Gasteiger partial charge is 0.748 e. The first kappa shape index (κ1) is 46.2. The Balaban J connectivity index is 0.00000392. The number of esters is 1. The Morgan fingerprint density at radius 2 is 1.59 bits per heavy atom. The van der Waals surface area contributed by atoms with E-state index in [1.807, 2.05) is 26.8 Å². The number of allylic oxidation sites excluding steroid dienone is 6. The maximum Gasteiger partial charge on any atom is 1.00 e. The molecule has 5 rings (SSSR count). The van der Waals surface area contributed by atoms with Crippen LogP contribution in [0.4, 0.5) is 0 Å². The minimum absolute atomic E-state index is 0. The molecule has 274 valence electrons. The summed E-state index contributed by atoms with van der Waals surface area (Å²) in [5, 5.41) is 26.2. The zero-order valence-corrected chi connectivity index (χ0v) is 39.0. The van der Waals surface area contributed by atoms with Gasteiger partial charge in [-0.05, 0) is 106 Å². The van der Waals surface area contributed by atoms with Crippen LogP contribution >= 0.6 is 0 Å². The molecule has 1 amide bonds. The van der Waals surface area contributed by atoms with E-state index in [4.69, 9.17) is 19.7 Å². The van der Waals surface area contributed by atoms with Crippen molar-refractivity contribution in [3.05, 3.63) is 84.0 Å². The van der Waals surface area contributed by atoms with E-state index >= 15 is 0 Å². The van der Waals surface area contributed by atoms with E-state index in [0.29, 0.717) is 62.2 Å². The zero-order chi connectivity index (χ0) is 38.2. The Morgan fingerprint density at radius 1 is 0.926 bits per heavy atom. The standard InChI is InChI=1S/C37H41N5O9S.2K/c1-8-22-17(2)25-16-30-33(21(6)43)19(4)27(40-30)14-26-18(3)23(9-10-31(44)45)35(41-26)24(13-32(46)51-7)36-34(37(47)38-11-12-52(48,49)50)20(5)28(42-36)15-29(22)39-25;;/h14-16,40,43H,8-13H2,1-7H3,(H,38,47)(H,44,45)(H,48,49,50);;/q;2*+1/p-2/b26-14?,29-15?,30-16?,33-21+,36-24?;;. The van der Waals surface area contributed by atoms with Gasteiger partial charge in [-0.15, -0.1) is 0 Å². The summed E-state index contributed by atoms with van der Waals surface area (Å²) in [6.45, 7) is 10.3. The minimum atomic E-state index is -4.64. The normalized spacial score (nSPS) is 17.1. The van der Waals surface area contributed by atoms with Crippen molar-refractivity contribution in [2.24, 2.45) is 15.0 Å². The van der Waals surface area contributed by atoms with Gasteiger partial charge in [0, 0.05) is 29.0 Å². The number of nitrogens with zero attached hydrogens (tertiary/aromatic N) is 3. The third kappa shape index (κ3) is 9.86. The van der Waals surface area contributed by atoms with Crippen LogP contribution in [0.2, 0.25) is 0 Å². The number of carbonyl (C=O) groups excluding carboxylic acids is 3. The molecule has 1 aromatic rings. The molecular weight excluding hydrogens is 769 g/mol.